The minimum atomic E-state index is -3.86. The summed E-state index contributed by atoms with van der Waals surface area (Å²) in [6.45, 7) is 0.0756. The summed E-state index contributed by atoms with van der Waals surface area (Å²) >= 11 is 18.5. The average Bonchev–Trinajstić information content (AvgIpc) is 2.69. The minimum Gasteiger partial charge on any atom is -0.454 e. The zero-order chi connectivity index (χ0) is 21.3. The fourth-order valence-corrected chi connectivity index (χ4v) is 4.68. The molecule has 30 heavy (non-hydrogen) atoms. The molecular formula is C20H14Cl3N3O3S. The zero-order valence-corrected chi connectivity index (χ0v) is 18.3. The number of aliphatic imine (C=N–C) groups is 1. The molecular weight excluding hydrogens is 469 g/mol. The lowest BCUT2D eigenvalue weighted by Crippen LogP contribution is -2.40. The van der Waals surface area contributed by atoms with Crippen LogP contribution < -0.4 is 14.8 Å². The highest BCUT2D eigenvalue weighted by Crippen LogP contribution is 2.38. The van der Waals surface area contributed by atoms with Gasteiger partial charge in [0.15, 0.2) is 5.75 Å². The Morgan fingerprint density at radius 3 is 2.20 bits per heavy atom. The first kappa shape index (κ1) is 20.8. The van der Waals surface area contributed by atoms with Gasteiger partial charge in [-0.15, -0.1) is 0 Å². The molecule has 0 bridgehead atoms. The molecule has 0 aliphatic carbocycles. The van der Waals surface area contributed by atoms with Gasteiger partial charge in [-0.2, -0.15) is 0 Å². The highest BCUT2D eigenvalue weighted by Gasteiger charge is 2.29. The number of nitrogens with zero attached hydrogens (tertiary/aromatic N) is 1. The molecule has 10 heteroatoms. The molecule has 0 amide bonds. The number of hydrogen-bond donors (Lipinski definition) is 2. The molecule has 0 fully saturated rings. The van der Waals surface area contributed by atoms with E-state index < -0.39 is 10.0 Å². The van der Waals surface area contributed by atoms with Gasteiger partial charge in [0, 0.05) is 15.6 Å². The fourth-order valence-electron chi connectivity index (χ4n) is 2.83. The van der Waals surface area contributed by atoms with E-state index in [9.17, 15) is 8.42 Å². The number of fused-ring (bicyclic) bond motifs is 1. The van der Waals surface area contributed by atoms with Gasteiger partial charge in [0.2, 0.25) is 5.96 Å². The van der Waals surface area contributed by atoms with E-state index in [4.69, 9.17) is 39.5 Å². The lowest BCUT2D eigenvalue weighted by atomic mass is 10.2. The van der Waals surface area contributed by atoms with Gasteiger partial charge in [-0.3, -0.25) is 0 Å². The van der Waals surface area contributed by atoms with Crippen molar-refractivity contribution < 1.29 is 13.2 Å². The number of rotatable bonds is 4. The summed E-state index contributed by atoms with van der Waals surface area (Å²) in [4.78, 5) is 4.33. The third kappa shape index (κ3) is 4.20. The number of guanidine groups is 1. The van der Waals surface area contributed by atoms with Crippen molar-refractivity contribution in [1.82, 2.24) is 4.72 Å². The molecule has 4 rings (SSSR count). The normalized spacial score (nSPS) is 15.8. The smallest absolute Gasteiger partial charge is 0.266 e. The lowest BCUT2D eigenvalue weighted by Gasteiger charge is -2.24. The quantitative estimate of drug-likeness (QED) is 0.500. The monoisotopic (exact) mass is 481 g/mol. The van der Waals surface area contributed by atoms with Crippen molar-refractivity contribution in [2.24, 2.45) is 4.99 Å². The number of para-hydroxylation sites is 2. The van der Waals surface area contributed by atoms with E-state index in [1.807, 2.05) is 0 Å². The summed E-state index contributed by atoms with van der Waals surface area (Å²) < 4.78 is 33.7. The Hall–Kier alpha value is -2.45. The van der Waals surface area contributed by atoms with Crippen LogP contribution in [-0.2, 0) is 16.6 Å². The maximum absolute atomic E-state index is 12.7. The summed E-state index contributed by atoms with van der Waals surface area (Å²) in [6, 6.07) is 16.7. The Morgan fingerprint density at radius 1 is 0.833 bits per heavy atom. The minimum absolute atomic E-state index is 0.0219. The number of anilines is 1. The second-order valence-corrected chi connectivity index (χ2v) is 9.13. The molecule has 3 aromatic carbocycles. The molecule has 0 saturated carbocycles. The maximum Gasteiger partial charge on any atom is 0.266 e. The first-order chi connectivity index (χ1) is 14.3. The molecule has 3 aromatic rings. The summed E-state index contributed by atoms with van der Waals surface area (Å²) in [5.74, 6) is 0.703. The Bertz CT molecular complexity index is 1240. The van der Waals surface area contributed by atoms with Crippen molar-refractivity contribution in [2.75, 3.05) is 5.32 Å². The maximum atomic E-state index is 12.7. The van der Waals surface area contributed by atoms with Crippen LogP contribution in [0.4, 0.5) is 5.69 Å². The number of sulfonamides is 1. The van der Waals surface area contributed by atoms with Gasteiger partial charge in [-0.1, -0.05) is 59.1 Å². The van der Waals surface area contributed by atoms with E-state index in [0.717, 1.165) is 0 Å². The zero-order valence-electron chi connectivity index (χ0n) is 15.2. The lowest BCUT2D eigenvalue weighted by molar-refractivity contribution is 0.483. The Morgan fingerprint density at radius 2 is 1.47 bits per heavy atom. The topological polar surface area (TPSA) is 79.8 Å². The van der Waals surface area contributed by atoms with E-state index in [1.54, 1.807) is 54.6 Å². The Kier molecular flexibility index (Phi) is 5.79. The molecule has 0 atom stereocenters. The predicted molar refractivity (Wildman–Crippen MR) is 120 cm³/mol. The molecule has 0 spiro atoms. The molecule has 0 radical (unpaired) electrons. The third-order valence-electron chi connectivity index (χ3n) is 4.27. The van der Waals surface area contributed by atoms with Crippen molar-refractivity contribution in [3.05, 3.63) is 81.3 Å². The van der Waals surface area contributed by atoms with E-state index >= 15 is 0 Å². The van der Waals surface area contributed by atoms with Gasteiger partial charge in [0.25, 0.3) is 10.0 Å². The largest absolute Gasteiger partial charge is 0.454 e. The van der Waals surface area contributed by atoms with Crippen molar-refractivity contribution >= 4 is 56.5 Å². The Labute approximate surface area is 188 Å². The van der Waals surface area contributed by atoms with Crippen LogP contribution in [0.2, 0.25) is 15.1 Å². The van der Waals surface area contributed by atoms with Crippen molar-refractivity contribution in [2.45, 2.75) is 11.4 Å². The van der Waals surface area contributed by atoms with Crippen LogP contribution in [0.3, 0.4) is 0 Å². The van der Waals surface area contributed by atoms with E-state index in [1.165, 1.54) is 6.07 Å². The highest BCUT2D eigenvalue weighted by atomic mass is 35.5. The molecule has 0 unspecified atom stereocenters. The molecule has 1 aliphatic rings. The second kappa shape index (κ2) is 8.35. The summed E-state index contributed by atoms with van der Waals surface area (Å²) in [5.41, 5.74) is 0.834. The fraction of sp³-hybridized carbons (Fsp3) is 0.0500. The number of hydrogen-bond acceptors (Lipinski definition) is 4. The van der Waals surface area contributed by atoms with Crippen molar-refractivity contribution in [3.8, 4) is 11.5 Å². The first-order valence-corrected chi connectivity index (χ1v) is 11.3. The van der Waals surface area contributed by atoms with Crippen LogP contribution in [0, 0.1) is 0 Å². The van der Waals surface area contributed by atoms with Crippen LogP contribution in [0.25, 0.3) is 0 Å². The van der Waals surface area contributed by atoms with Crippen LogP contribution in [0.5, 0.6) is 11.5 Å². The number of nitrogens with one attached hydrogen (secondary N) is 2. The molecule has 1 aliphatic heterocycles. The van der Waals surface area contributed by atoms with Crippen LogP contribution >= 0.6 is 34.8 Å². The number of ether oxygens (including phenoxy) is 1. The third-order valence-corrected chi connectivity index (χ3v) is 6.67. The van der Waals surface area contributed by atoms with E-state index in [2.05, 4.69) is 15.0 Å². The molecule has 0 saturated heterocycles. The van der Waals surface area contributed by atoms with E-state index in [0.29, 0.717) is 26.4 Å². The van der Waals surface area contributed by atoms with Gasteiger partial charge in [0.05, 0.1) is 11.6 Å². The molecule has 6 nitrogen and oxygen atoms in total. The van der Waals surface area contributed by atoms with Gasteiger partial charge in [-0.05, 0) is 36.4 Å². The molecule has 0 aromatic heterocycles. The van der Waals surface area contributed by atoms with Crippen LogP contribution in [-0.4, -0.2) is 14.4 Å². The van der Waals surface area contributed by atoms with Crippen LogP contribution in [0.15, 0.2) is 70.6 Å². The predicted octanol–water partition coefficient (Wildman–Crippen LogP) is 5.70. The molecule has 1 heterocycles. The number of benzene rings is 3. The second-order valence-electron chi connectivity index (χ2n) is 6.26. The first-order valence-electron chi connectivity index (χ1n) is 8.68. The number of halogens is 3. The molecule has 2 N–H and O–H groups in total. The van der Waals surface area contributed by atoms with Crippen LogP contribution in [0.1, 0.15) is 5.56 Å². The standard InChI is InChI=1S/C20H14Cl3N3O3S/c21-13-6-3-7-14(22)12(13)11-24-20-25-19-17(29-16-8-2-1-5-15(16)23)9-4-10-18(19)30(27,28)26-20/h1-10H,11H2,(H2,24,25,26). The van der Waals surface area contributed by atoms with Gasteiger partial charge in [0.1, 0.15) is 16.3 Å². The SMILES string of the molecule is O=S1(=O)NC(=NCc2c(Cl)cccc2Cl)Nc2c(Oc3ccccc3Cl)cccc21. The van der Waals surface area contributed by atoms with E-state index in [-0.39, 0.29) is 28.8 Å². The summed E-state index contributed by atoms with van der Waals surface area (Å²) in [6.07, 6.45) is 0. The molecule has 154 valence electrons. The highest BCUT2D eigenvalue weighted by molar-refractivity contribution is 7.90. The summed E-state index contributed by atoms with van der Waals surface area (Å²) in [7, 11) is -3.86. The Balaban J connectivity index is 1.70. The van der Waals surface area contributed by atoms with Gasteiger partial charge < -0.3 is 10.1 Å². The van der Waals surface area contributed by atoms with Crippen molar-refractivity contribution in [3.63, 3.8) is 0 Å². The van der Waals surface area contributed by atoms with Crippen molar-refractivity contribution in [1.29, 1.82) is 0 Å². The average molecular weight is 483 g/mol. The van der Waals surface area contributed by atoms with Gasteiger partial charge in [-0.25, -0.2) is 18.1 Å². The van der Waals surface area contributed by atoms with Gasteiger partial charge >= 0.3 is 0 Å². The summed E-state index contributed by atoms with van der Waals surface area (Å²) in [5, 5.41) is 4.25.